The first-order chi connectivity index (χ1) is 10.7. The Morgan fingerprint density at radius 1 is 1.09 bits per heavy atom. The van der Waals surface area contributed by atoms with Crippen LogP contribution in [0.15, 0.2) is 41.6 Å². The van der Waals surface area contributed by atoms with Gasteiger partial charge in [-0.1, -0.05) is 6.07 Å². The van der Waals surface area contributed by atoms with Crippen LogP contribution in [0.3, 0.4) is 0 Å². The molecule has 2 atom stereocenters. The molecule has 1 saturated heterocycles. The lowest BCUT2D eigenvalue weighted by molar-refractivity contribution is -0.243. The summed E-state index contributed by atoms with van der Waals surface area (Å²) in [6.45, 7) is 0. The van der Waals surface area contributed by atoms with E-state index in [4.69, 9.17) is 4.74 Å². The molecule has 122 valence electrons. The molecule has 2 unspecified atom stereocenters. The fourth-order valence-electron chi connectivity index (χ4n) is 2.73. The minimum absolute atomic E-state index is 0.100. The number of hydrogen-bond acceptors (Lipinski definition) is 8. The molecule has 0 radical (unpaired) electrons. The molecule has 8 nitrogen and oxygen atoms in total. The first-order valence-corrected chi connectivity index (χ1v) is 6.72. The molecule has 0 amide bonds. The molecular formula is C15H14O8. The molecule has 0 bridgehead atoms. The van der Waals surface area contributed by atoms with Gasteiger partial charge in [-0.15, -0.1) is 0 Å². The summed E-state index contributed by atoms with van der Waals surface area (Å²) in [5, 5.41) is 59.1. The molecule has 8 heteroatoms. The summed E-state index contributed by atoms with van der Waals surface area (Å²) in [6, 6.07) is 3.69. The molecule has 1 heterocycles. The van der Waals surface area contributed by atoms with Crippen molar-refractivity contribution >= 4 is 5.78 Å². The molecule has 1 aromatic rings. The smallest absolute Gasteiger partial charge is 0.267 e. The highest BCUT2D eigenvalue weighted by Crippen LogP contribution is 2.48. The second-order valence-corrected chi connectivity index (χ2v) is 5.43. The van der Waals surface area contributed by atoms with Gasteiger partial charge in [0.25, 0.3) is 5.79 Å². The molecule has 1 aliphatic heterocycles. The number of phenolic OH excluding ortho intramolecular Hbond substituents is 2. The summed E-state index contributed by atoms with van der Waals surface area (Å²) < 4.78 is 5.36. The highest BCUT2D eigenvalue weighted by Gasteiger charge is 2.56. The molecule has 2 aliphatic rings. The Hall–Kier alpha value is -2.71. The molecule has 1 aromatic carbocycles. The highest BCUT2D eigenvalue weighted by molar-refractivity contribution is 5.92. The number of carbonyl (C=O) groups is 1. The predicted molar refractivity (Wildman–Crippen MR) is 74.2 cm³/mol. The second kappa shape index (κ2) is 4.90. The van der Waals surface area contributed by atoms with E-state index in [9.17, 15) is 35.4 Å². The van der Waals surface area contributed by atoms with E-state index in [1.54, 1.807) is 0 Å². The van der Waals surface area contributed by atoms with Crippen LogP contribution < -0.4 is 0 Å². The van der Waals surface area contributed by atoms with Gasteiger partial charge in [0.1, 0.15) is 23.0 Å². The van der Waals surface area contributed by atoms with Gasteiger partial charge in [-0.3, -0.25) is 4.79 Å². The van der Waals surface area contributed by atoms with Gasteiger partial charge < -0.3 is 35.4 Å². The lowest BCUT2D eigenvalue weighted by atomic mass is 9.81. The van der Waals surface area contributed by atoms with Crippen LogP contribution in [0.5, 0.6) is 11.5 Å². The lowest BCUT2D eigenvalue weighted by Gasteiger charge is -2.40. The van der Waals surface area contributed by atoms with Gasteiger partial charge in [0.05, 0.1) is 11.5 Å². The van der Waals surface area contributed by atoms with E-state index >= 15 is 0 Å². The normalized spacial score (nSPS) is 26.3. The average Bonchev–Trinajstić information content (AvgIpc) is 2.47. The number of aliphatic hydroxyl groups excluding tert-OH is 2. The van der Waals surface area contributed by atoms with E-state index < -0.39 is 46.6 Å². The Bertz CT molecular complexity index is 726. The quantitative estimate of drug-likeness (QED) is 0.413. The zero-order valence-electron chi connectivity index (χ0n) is 11.7. The molecule has 1 fully saturated rings. The predicted octanol–water partition coefficient (Wildman–Crippen LogP) is 0.650. The third-order valence-corrected chi connectivity index (χ3v) is 3.94. The third-order valence-electron chi connectivity index (χ3n) is 3.94. The number of aromatic hydroxyl groups is 2. The van der Waals surface area contributed by atoms with Crippen molar-refractivity contribution in [2.75, 3.05) is 0 Å². The first-order valence-electron chi connectivity index (χ1n) is 6.72. The van der Waals surface area contributed by atoms with E-state index in [-0.39, 0.29) is 17.7 Å². The summed E-state index contributed by atoms with van der Waals surface area (Å²) in [6.07, 6.45) is -1.16. The fourth-order valence-corrected chi connectivity index (χ4v) is 2.73. The first kappa shape index (κ1) is 15.2. The number of fused-ring (bicyclic) bond motifs is 1. The molecule has 6 N–H and O–H groups in total. The van der Waals surface area contributed by atoms with E-state index in [1.165, 1.54) is 18.2 Å². The molecular weight excluding hydrogens is 308 g/mol. The van der Waals surface area contributed by atoms with Crippen LogP contribution in [0.2, 0.25) is 0 Å². The molecule has 0 saturated carbocycles. The number of benzene rings is 1. The maximum Gasteiger partial charge on any atom is 0.267 e. The molecule has 0 spiro atoms. The van der Waals surface area contributed by atoms with Crippen molar-refractivity contribution in [1.82, 2.24) is 0 Å². The number of allylic oxidation sites excluding steroid dienone is 3. The van der Waals surface area contributed by atoms with Crippen LogP contribution in [0, 0.1) is 5.92 Å². The van der Waals surface area contributed by atoms with Crippen LogP contribution in [-0.2, 0) is 9.53 Å². The van der Waals surface area contributed by atoms with Crippen LogP contribution in [0.25, 0.3) is 0 Å². The van der Waals surface area contributed by atoms with E-state index in [1.807, 2.05) is 0 Å². The van der Waals surface area contributed by atoms with Gasteiger partial charge in [-0.05, 0) is 12.1 Å². The van der Waals surface area contributed by atoms with E-state index in [2.05, 4.69) is 0 Å². The minimum Gasteiger partial charge on any atom is -0.508 e. The van der Waals surface area contributed by atoms with Crippen molar-refractivity contribution in [3.8, 4) is 11.5 Å². The number of phenols is 2. The SMILES string of the molecule is O=C1C2CC(O)=C(O)C=C2OC(c2c(O)cccc2O)C1(O)O. The summed E-state index contributed by atoms with van der Waals surface area (Å²) in [5.41, 5.74) is -0.372. The molecule has 3 rings (SSSR count). The van der Waals surface area contributed by atoms with Crippen molar-refractivity contribution in [2.24, 2.45) is 5.92 Å². The summed E-state index contributed by atoms with van der Waals surface area (Å²) in [7, 11) is 0. The van der Waals surface area contributed by atoms with Gasteiger partial charge in [0.15, 0.2) is 11.9 Å². The Kier molecular flexibility index (Phi) is 3.24. The van der Waals surface area contributed by atoms with Gasteiger partial charge in [0, 0.05) is 12.5 Å². The zero-order chi connectivity index (χ0) is 16.9. The lowest BCUT2D eigenvalue weighted by Crippen LogP contribution is -2.53. The van der Waals surface area contributed by atoms with Crippen LogP contribution in [-0.4, -0.2) is 42.2 Å². The monoisotopic (exact) mass is 322 g/mol. The number of hydrogen-bond donors (Lipinski definition) is 6. The molecule has 0 aromatic heterocycles. The average molecular weight is 322 g/mol. The number of ether oxygens (including phenoxy) is 1. The molecule has 23 heavy (non-hydrogen) atoms. The number of rotatable bonds is 1. The molecule has 1 aliphatic carbocycles. The van der Waals surface area contributed by atoms with E-state index in [0.717, 1.165) is 6.08 Å². The van der Waals surface area contributed by atoms with Crippen molar-refractivity contribution in [3.63, 3.8) is 0 Å². The number of carbonyl (C=O) groups excluding carboxylic acids is 1. The van der Waals surface area contributed by atoms with Crippen LogP contribution >= 0.6 is 0 Å². The topological polar surface area (TPSA) is 148 Å². The van der Waals surface area contributed by atoms with Crippen molar-refractivity contribution in [1.29, 1.82) is 0 Å². The van der Waals surface area contributed by atoms with Crippen LogP contribution in [0.4, 0.5) is 0 Å². The third kappa shape index (κ3) is 2.19. The Morgan fingerprint density at radius 2 is 1.70 bits per heavy atom. The number of Topliss-reactive ketones (excluding diaryl/α,β-unsaturated/α-hetero) is 1. The largest absolute Gasteiger partial charge is 0.508 e. The summed E-state index contributed by atoms with van der Waals surface area (Å²) >= 11 is 0. The standard InChI is InChI=1S/C15H14O8/c16-7-2-1-3-8(17)12(7)14-15(21,22)13(20)6-4-9(18)10(19)5-11(6)23-14/h1-3,5-6,14,16-19,21-22H,4H2. The van der Waals surface area contributed by atoms with E-state index in [0.29, 0.717) is 0 Å². The summed E-state index contributed by atoms with van der Waals surface area (Å²) in [4.78, 5) is 12.3. The Balaban J connectivity index is 2.12. The highest BCUT2D eigenvalue weighted by atomic mass is 16.6. The van der Waals surface area contributed by atoms with Crippen LogP contribution in [0.1, 0.15) is 18.1 Å². The van der Waals surface area contributed by atoms with Gasteiger partial charge in [-0.2, -0.15) is 0 Å². The van der Waals surface area contributed by atoms with Crippen molar-refractivity contribution < 1.29 is 40.2 Å². The van der Waals surface area contributed by atoms with Crippen molar-refractivity contribution in [3.05, 3.63) is 47.1 Å². The maximum atomic E-state index is 12.3. The minimum atomic E-state index is -3.04. The second-order valence-electron chi connectivity index (χ2n) is 5.43. The Labute approximate surface area is 129 Å². The summed E-state index contributed by atoms with van der Waals surface area (Å²) in [5.74, 6) is -7.38. The fraction of sp³-hybridized carbons (Fsp3) is 0.267. The maximum absolute atomic E-state index is 12.3. The van der Waals surface area contributed by atoms with Crippen molar-refractivity contribution in [2.45, 2.75) is 18.3 Å². The van der Waals surface area contributed by atoms with Gasteiger partial charge in [-0.25, -0.2) is 0 Å². The number of ketones is 1. The van der Waals surface area contributed by atoms with Gasteiger partial charge in [0.2, 0.25) is 5.78 Å². The Morgan fingerprint density at radius 3 is 2.30 bits per heavy atom. The number of aliphatic hydroxyl groups is 4. The van der Waals surface area contributed by atoms with Gasteiger partial charge >= 0.3 is 0 Å². The zero-order valence-corrected chi connectivity index (χ0v) is 11.7.